The lowest BCUT2D eigenvalue weighted by atomic mass is 9.50. The summed E-state index contributed by atoms with van der Waals surface area (Å²) >= 11 is 0. The van der Waals surface area contributed by atoms with Gasteiger partial charge in [-0.2, -0.15) is 48.3 Å². The number of nitrogens with zero attached hydrogens (tertiary/aromatic N) is 1. The predicted molar refractivity (Wildman–Crippen MR) is 163 cm³/mol. The summed E-state index contributed by atoms with van der Waals surface area (Å²) in [6, 6.07) is 5.14. The molecule has 3 nitrogen and oxygen atoms in total. The summed E-state index contributed by atoms with van der Waals surface area (Å²) in [6.07, 6.45) is -5.53. The number of aromatic hydroxyl groups is 1. The number of hydrogen-bond acceptors (Lipinski definition) is 3. The third-order valence-electron chi connectivity index (χ3n) is 12.1. The molecule has 0 saturated heterocycles. The Labute approximate surface area is 284 Å². The highest BCUT2D eigenvalue weighted by Gasteiger charge is 2.86. The van der Waals surface area contributed by atoms with Gasteiger partial charge in [-0.3, -0.25) is 0 Å². The molecule has 0 radical (unpaired) electrons. The van der Waals surface area contributed by atoms with E-state index >= 15 is 4.39 Å². The molecule has 1 aromatic carbocycles. The van der Waals surface area contributed by atoms with E-state index in [2.05, 4.69) is 0 Å². The number of benzene rings is 1. The van der Waals surface area contributed by atoms with Crippen LogP contribution in [0.15, 0.2) is 18.2 Å². The van der Waals surface area contributed by atoms with Crippen molar-refractivity contribution in [3.05, 3.63) is 29.3 Å². The molecule has 0 bridgehead atoms. The molecule has 0 amide bonds. The zero-order chi connectivity index (χ0) is 37.7. The van der Waals surface area contributed by atoms with Crippen molar-refractivity contribution in [2.24, 2.45) is 23.2 Å². The number of unbranched alkanes of at least 4 members (excludes halogenated alkanes) is 4. The van der Waals surface area contributed by atoms with E-state index in [-0.39, 0.29) is 48.7 Å². The van der Waals surface area contributed by atoms with E-state index in [1.807, 2.05) is 24.8 Å². The van der Waals surface area contributed by atoms with Crippen LogP contribution >= 0.6 is 0 Å². The van der Waals surface area contributed by atoms with Gasteiger partial charge in [-0.05, 0) is 119 Å². The molecule has 1 unspecified atom stereocenters. The van der Waals surface area contributed by atoms with Crippen molar-refractivity contribution < 1.29 is 62.9 Å². The number of aliphatic hydroxyl groups is 1. The van der Waals surface area contributed by atoms with Gasteiger partial charge in [0.15, 0.2) is 0 Å². The van der Waals surface area contributed by atoms with E-state index in [0.29, 0.717) is 25.9 Å². The molecule has 2 N–H and O–H groups in total. The molecule has 2 saturated carbocycles. The molecule has 7 atom stereocenters. The van der Waals surface area contributed by atoms with Crippen LogP contribution in [0.2, 0.25) is 0 Å². The minimum atomic E-state index is -7.36. The van der Waals surface area contributed by atoms with Crippen molar-refractivity contribution in [2.75, 3.05) is 20.1 Å². The Bertz CT molecular complexity index is 1320. The Morgan fingerprint density at radius 1 is 0.820 bits per heavy atom. The number of phenols is 1. The van der Waals surface area contributed by atoms with Gasteiger partial charge in [0.2, 0.25) is 0 Å². The lowest BCUT2D eigenvalue weighted by Crippen LogP contribution is -2.66. The highest BCUT2D eigenvalue weighted by Crippen LogP contribution is 2.66. The van der Waals surface area contributed by atoms with Crippen LogP contribution in [0.1, 0.15) is 102 Å². The van der Waals surface area contributed by atoms with Crippen molar-refractivity contribution in [3.8, 4) is 5.75 Å². The monoisotopic (exact) mass is 741 g/mol. The van der Waals surface area contributed by atoms with Gasteiger partial charge in [0.1, 0.15) is 11.9 Å². The molecule has 3 aliphatic rings. The number of alkyl halides is 12. The van der Waals surface area contributed by atoms with Crippen molar-refractivity contribution in [2.45, 2.75) is 138 Å². The molecule has 15 heteroatoms. The second-order valence-corrected chi connectivity index (χ2v) is 15.4. The van der Waals surface area contributed by atoms with E-state index in [0.717, 1.165) is 43.2 Å². The van der Waals surface area contributed by atoms with Crippen LogP contribution in [0.5, 0.6) is 5.75 Å². The Hall–Kier alpha value is -1.90. The van der Waals surface area contributed by atoms with Gasteiger partial charge >= 0.3 is 29.9 Å². The fourth-order valence-electron chi connectivity index (χ4n) is 9.03. The summed E-state index contributed by atoms with van der Waals surface area (Å²) in [5, 5.41) is 21.4. The third kappa shape index (κ3) is 7.20. The van der Waals surface area contributed by atoms with Crippen LogP contribution in [-0.4, -0.2) is 76.9 Å². The topological polar surface area (TPSA) is 43.7 Å². The van der Waals surface area contributed by atoms with Crippen LogP contribution in [0.3, 0.4) is 0 Å². The molecular weight excluding hydrogens is 694 g/mol. The number of rotatable bonds is 15. The summed E-state index contributed by atoms with van der Waals surface area (Å²) in [7, 11) is 1.73. The maximum atomic E-state index is 16.1. The van der Waals surface area contributed by atoms with Crippen LogP contribution in [0.4, 0.5) is 52.7 Å². The maximum Gasteiger partial charge on any atom is 0.460 e. The van der Waals surface area contributed by atoms with Crippen molar-refractivity contribution in [1.29, 1.82) is 0 Å². The van der Waals surface area contributed by atoms with Crippen LogP contribution in [0, 0.1) is 23.2 Å². The lowest BCUT2D eigenvalue weighted by molar-refractivity contribution is -0.422. The highest BCUT2D eigenvalue weighted by molar-refractivity contribution is 5.41. The second-order valence-electron chi connectivity index (χ2n) is 15.4. The molecule has 1 aromatic rings. The molecule has 50 heavy (non-hydrogen) atoms. The zero-order valence-corrected chi connectivity index (χ0v) is 28.4. The van der Waals surface area contributed by atoms with Gasteiger partial charge in [-0.25, -0.2) is 4.39 Å². The first-order chi connectivity index (χ1) is 22.8. The third-order valence-corrected chi connectivity index (χ3v) is 12.1. The van der Waals surface area contributed by atoms with E-state index in [1.54, 1.807) is 19.2 Å². The zero-order valence-electron chi connectivity index (χ0n) is 28.4. The fraction of sp³-hybridized carbons (Fsp3) is 0.829. The Balaban J connectivity index is 1.24. The standard InChI is InChI=1S/C35H47F12NO2/c1-29-20-26(36)28-24-12-11-23(49)19-22(24)18-21(27(28)25(29)13-15-30(29,2)50)10-6-4-8-16-48(3)17-9-5-7-14-31(37,38)32(39,40)33(41,42)34(43,44)35(45,46)47/h11-12,19,21,25-28,49-50H,4-10,13-18,20H2,1-3H3/t21-,25+,26?,27+,28+,29+,30+/m1/s1. The molecule has 2 fully saturated rings. The largest absolute Gasteiger partial charge is 0.508 e. The quantitative estimate of drug-likeness (QED) is 0.139. The first kappa shape index (κ1) is 40.9. The first-order valence-electron chi connectivity index (χ1n) is 17.3. The van der Waals surface area contributed by atoms with Gasteiger partial charge in [0.05, 0.1) is 5.60 Å². The van der Waals surface area contributed by atoms with E-state index in [1.165, 1.54) is 0 Å². The van der Waals surface area contributed by atoms with Gasteiger partial charge in [-0.15, -0.1) is 0 Å². The number of halogens is 12. The van der Waals surface area contributed by atoms with E-state index < -0.39 is 59.9 Å². The van der Waals surface area contributed by atoms with Gasteiger partial charge in [0, 0.05) is 17.8 Å². The summed E-state index contributed by atoms with van der Waals surface area (Å²) in [5.41, 5.74) is 0.366. The Morgan fingerprint density at radius 3 is 2.02 bits per heavy atom. The lowest BCUT2D eigenvalue weighted by Gasteiger charge is -2.56. The van der Waals surface area contributed by atoms with Crippen molar-refractivity contribution in [3.63, 3.8) is 0 Å². The molecule has 288 valence electrons. The smallest absolute Gasteiger partial charge is 0.460 e. The Morgan fingerprint density at radius 2 is 1.42 bits per heavy atom. The van der Waals surface area contributed by atoms with Crippen LogP contribution < -0.4 is 0 Å². The fourth-order valence-corrected chi connectivity index (χ4v) is 9.03. The molecule has 0 aliphatic heterocycles. The van der Waals surface area contributed by atoms with Gasteiger partial charge < -0.3 is 15.1 Å². The molecule has 0 spiro atoms. The van der Waals surface area contributed by atoms with E-state index in [4.69, 9.17) is 0 Å². The van der Waals surface area contributed by atoms with E-state index in [9.17, 15) is 58.5 Å². The van der Waals surface area contributed by atoms with Gasteiger partial charge in [0.25, 0.3) is 0 Å². The SMILES string of the molecule is CN(CCCCC[C@@H]1Cc2cc(O)ccc2[C@H]2C(F)C[C@@]3(C)[C@@H](CC[C@]3(C)O)[C@H]12)CCCCCC(F)(F)C(F)(F)C(F)(F)C(F)(F)C(F)(F)F. The summed E-state index contributed by atoms with van der Waals surface area (Å²) < 4.78 is 161. The second kappa shape index (κ2) is 14.2. The van der Waals surface area contributed by atoms with Crippen LogP contribution in [-0.2, 0) is 6.42 Å². The number of hydrogen-bond donors (Lipinski definition) is 2. The van der Waals surface area contributed by atoms with Crippen LogP contribution in [0.25, 0.3) is 0 Å². The average molecular weight is 742 g/mol. The molecule has 0 aromatic heterocycles. The Kier molecular flexibility index (Phi) is 11.6. The molecular formula is C35H47F12NO2. The van der Waals surface area contributed by atoms with Crippen molar-refractivity contribution >= 4 is 0 Å². The average Bonchev–Trinajstić information content (AvgIpc) is 3.22. The summed E-state index contributed by atoms with van der Waals surface area (Å²) in [5.74, 6) is -27.3. The number of phenolic OH excluding ortho intramolecular Hbond substituents is 1. The summed E-state index contributed by atoms with van der Waals surface area (Å²) in [4.78, 5) is 1.85. The normalized spacial score (nSPS) is 30.7. The molecule has 4 rings (SSSR count). The minimum Gasteiger partial charge on any atom is -0.508 e. The molecule has 3 aliphatic carbocycles. The predicted octanol–water partition coefficient (Wildman–Crippen LogP) is 10.3. The maximum absolute atomic E-state index is 16.1. The summed E-state index contributed by atoms with van der Waals surface area (Å²) in [6.45, 7) is 4.71. The first-order valence-corrected chi connectivity index (χ1v) is 17.3. The number of fused-ring (bicyclic) bond motifs is 5. The highest BCUT2D eigenvalue weighted by atomic mass is 19.4. The minimum absolute atomic E-state index is 0.0390. The van der Waals surface area contributed by atoms with Crippen molar-refractivity contribution in [1.82, 2.24) is 4.90 Å². The molecule has 0 heterocycles. The van der Waals surface area contributed by atoms with Gasteiger partial charge in [-0.1, -0.05) is 32.3 Å².